The van der Waals surface area contributed by atoms with Gasteiger partial charge in [0.15, 0.2) is 0 Å². The zero-order valence-corrected chi connectivity index (χ0v) is 19.2. The average Bonchev–Trinajstić information content (AvgIpc) is 2.72. The highest BCUT2D eigenvalue weighted by molar-refractivity contribution is 7.92. The van der Waals surface area contributed by atoms with Gasteiger partial charge in [-0.2, -0.15) is 0 Å². The van der Waals surface area contributed by atoms with Gasteiger partial charge < -0.3 is 10.1 Å². The van der Waals surface area contributed by atoms with E-state index in [1.807, 2.05) is 0 Å². The predicted octanol–water partition coefficient (Wildman–Crippen LogP) is 3.37. The summed E-state index contributed by atoms with van der Waals surface area (Å²) in [4.78, 5) is 14.8. The van der Waals surface area contributed by atoms with Crippen molar-refractivity contribution in [2.75, 3.05) is 30.9 Å². The topological polar surface area (TPSA) is 87.7 Å². The zero-order chi connectivity index (χ0) is 22.4. The molecule has 2 aromatic rings. The minimum Gasteiger partial charge on any atom is -0.373 e. The van der Waals surface area contributed by atoms with E-state index < -0.39 is 10.0 Å². The summed E-state index contributed by atoms with van der Waals surface area (Å²) in [5.41, 5.74) is 0.828. The summed E-state index contributed by atoms with van der Waals surface area (Å²) in [5.74, 6) is -0.224. The van der Waals surface area contributed by atoms with Gasteiger partial charge in [0.25, 0.3) is 15.9 Å². The molecule has 3 rings (SSSR count). The quantitative estimate of drug-likeness (QED) is 0.583. The Morgan fingerprint density at radius 1 is 1.06 bits per heavy atom. The van der Waals surface area contributed by atoms with Crippen molar-refractivity contribution in [2.45, 2.75) is 37.4 Å². The van der Waals surface area contributed by atoms with Crippen LogP contribution in [0.5, 0.6) is 0 Å². The van der Waals surface area contributed by atoms with Crippen molar-refractivity contribution in [1.82, 2.24) is 10.2 Å². The zero-order valence-electron chi connectivity index (χ0n) is 17.7. The largest absolute Gasteiger partial charge is 0.373 e. The maximum Gasteiger partial charge on any atom is 0.261 e. The van der Waals surface area contributed by atoms with Crippen LogP contribution >= 0.6 is 11.6 Å². The standard InChI is InChI=1S/C22H28ClN3O4S/c1-16-14-26(15-17(2)30-16)13-3-12-24-22(27)18-4-10-21(11-5-18)31(28,29)25-20-8-6-19(23)7-9-20/h4-11,16-17,25H,3,12-15H2,1-2H3,(H,24,27). The molecule has 1 fully saturated rings. The SMILES string of the molecule is CC1CN(CCCNC(=O)c2ccc(S(=O)(=O)Nc3ccc(Cl)cc3)cc2)CC(C)O1. The third kappa shape index (κ3) is 6.93. The van der Waals surface area contributed by atoms with E-state index in [0.29, 0.717) is 22.8 Å². The van der Waals surface area contributed by atoms with E-state index in [1.165, 1.54) is 24.3 Å². The Morgan fingerprint density at radius 3 is 2.29 bits per heavy atom. The normalized spacial score (nSPS) is 19.7. The molecule has 0 spiro atoms. The molecule has 31 heavy (non-hydrogen) atoms. The molecular weight excluding hydrogens is 438 g/mol. The lowest BCUT2D eigenvalue weighted by molar-refractivity contribution is -0.0680. The van der Waals surface area contributed by atoms with Crippen LogP contribution in [-0.4, -0.2) is 57.6 Å². The number of ether oxygens (including phenoxy) is 1. The molecule has 7 nitrogen and oxygen atoms in total. The van der Waals surface area contributed by atoms with Crippen molar-refractivity contribution in [3.63, 3.8) is 0 Å². The van der Waals surface area contributed by atoms with Crippen molar-refractivity contribution in [1.29, 1.82) is 0 Å². The number of halogens is 1. The Kier molecular flexibility index (Phi) is 7.94. The van der Waals surface area contributed by atoms with Crippen molar-refractivity contribution in [2.24, 2.45) is 0 Å². The van der Waals surface area contributed by atoms with Gasteiger partial charge in [0, 0.05) is 42.5 Å². The van der Waals surface area contributed by atoms with E-state index in [9.17, 15) is 13.2 Å². The summed E-state index contributed by atoms with van der Waals surface area (Å²) in [6.45, 7) is 7.39. The molecule has 0 aliphatic carbocycles. The predicted molar refractivity (Wildman–Crippen MR) is 122 cm³/mol. The number of nitrogens with one attached hydrogen (secondary N) is 2. The summed E-state index contributed by atoms with van der Waals surface area (Å²) in [5, 5.41) is 3.41. The molecule has 2 unspecified atom stereocenters. The second kappa shape index (κ2) is 10.5. The molecule has 0 saturated carbocycles. The molecule has 2 N–H and O–H groups in total. The molecule has 168 valence electrons. The van der Waals surface area contributed by atoms with Gasteiger partial charge in [-0.05, 0) is 68.8 Å². The maximum absolute atomic E-state index is 12.5. The van der Waals surface area contributed by atoms with Crippen LogP contribution in [0.3, 0.4) is 0 Å². The Morgan fingerprint density at radius 2 is 1.68 bits per heavy atom. The fourth-order valence-corrected chi connectivity index (χ4v) is 4.78. The summed E-state index contributed by atoms with van der Waals surface area (Å²) in [6.07, 6.45) is 1.28. The van der Waals surface area contributed by atoms with E-state index in [4.69, 9.17) is 16.3 Å². The summed E-state index contributed by atoms with van der Waals surface area (Å²) >= 11 is 5.82. The van der Waals surface area contributed by atoms with Gasteiger partial charge in [-0.25, -0.2) is 8.42 Å². The smallest absolute Gasteiger partial charge is 0.261 e. The third-order valence-corrected chi connectivity index (χ3v) is 6.60. The van der Waals surface area contributed by atoms with Crippen molar-refractivity contribution in [3.8, 4) is 0 Å². The molecule has 1 heterocycles. The number of benzene rings is 2. The van der Waals surface area contributed by atoms with Gasteiger partial charge in [0.1, 0.15) is 0 Å². The Balaban J connectivity index is 1.48. The van der Waals surface area contributed by atoms with Crippen molar-refractivity contribution >= 4 is 33.2 Å². The van der Waals surface area contributed by atoms with Gasteiger partial charge in [0.05, 0.1) is 17.1 Å². The number of carbonyl (C=O) groups excluding carboxylic acids is 1. The second-order valence-electron chi connectivity index (χ2n) is 7.76. The van der Waals surface area contributed by atoms with Crippen molar-refractivity contribution < 1.29 is 17.9 Å². The van der Waals surface area contributed by atoms with Crippen LogP contribution < -0.4 is 10.0 Å². The Hall–Kier alpha value is -2.13. The molecule has 0 aromatic heterocycles. The first kappa shape index (κ1) is 23.5. The molecular formula is C22H28ClN3O4S. The van der Waals surface area contributed by atoms with Crippen LogP contribution in [0, 0.1) is 0 Å². The third-order valence-electron chi connectivity index (χ3n) is 4.96. The van der Waals surface area contributed by atoms with Crippen LogP contribution in [0.4, 0.5) is 5.69 Å². The highest BCUT2D eigenvalue weighted by Crippen LogP contribution is 2.19. The van der Waals surface area contributed by atoms with Gasteiger partial charge in [-0.1, -0.05) is 11.6 Å². The number of rotatable bonds is 8. The van der Waals surface area contributed by atoms with E-state index in [-0.39, 0.29) is 23.0 Å². The second-order valence-corrected chi connectivity index (χ2v) is 9.88. The monoisotopic (exact) mass is 465 g/mol. The van der Waals surface area contributed by atoms with Crippen LogP contribution in [0.1, 0.15) is 30.6 Å². The number of anilines is 1. The lowest BCUT2D eigenvalue weighted by atomic mass is 10.2. The highest BCUT2D eigenvalue weighted by atomic mass is 35.5. The van der Waals surface area contributed by atoms with Gasteiger partial charge >= 0.3 is 0 Å². The molecule has 1 saturated heterocycles. The van der Waals surface area contributed by atoms with E-state index >= 15 is 0 Å². The van der Waals surface area contributed by atoms with Crippen molar-refractivity contribution in [3.05, 3.63) is 59.1 Å². The Bertz CT molecular complexity index is 971. The van der Waals surface area contributed by atoms with Gasteiger partial charge in [0.2, 0.25) is 0 Å². The summed E-state index contributed by atoms with van der Waals surface area (Å²) in [7, 11) is -3.75. The van der Waals surface area contributed by atoms with E-state index in [2.05, 4.69) is 28.8 Å². The number of hydrogen-bond donors (Lipinski definition) is 2. The highest BCUT2D eigenvalue weighted by Gasteiger charge is 2.21. The fourth-order valence-electron chi connectivity index (χ4n) is 3.59. The molecule has 2 atom stereocenters. The van der Waals surface area contributed by atoms with Crippen LogP contribution in [0.15, 0.2) is 53.4 Å². The first-order valence-electron chi connectivity index (χ1n) is 10.3. The average molecular weight is 466 g/mol. The van der Waals surface area contributed by atoms with Crippen LogP contribution in [-0.2, 0) is 14.8 Å². The first-order valence-corrected chi connectivity index (χ1v) is 12.1. The van der Waals surface area contributed by atoms with Gasteiger partial charge in [-0.15, -0.1) is 0 Å². The molecule has 0 bridgehead atoms. The number of sulfonamides is 1. The Labute approximate surface area is 188 Å². The summed E-state index contributed by atoms with van der Waals surface area (Å²) < 4.78 is 33.2. The number of amides is 1. The molecule has 0 radical (unpaired) electrons. The number of nitrogens with zero attached hydrogens (tertiary/aromatic N) is 1. The molecule has 1 amide bonds. The van der Waals surface area contributed by atoms with E-state index in [0.717, 1.165) is 26.1 Å². The molecule has 2 aromatic carbocycles. The minimum atomic E-state index is -3.75. The lowest BCUT2D eigenvalue weighted by Crippen LogP contribution is -2.46. The van der Waals surface area contributed by atoms with Crippen LogP contribution in [0.25, 0.3) is 0 Å². The van der Waals surface area contributed by atoms with E-state index in [1.54, 1.807) is 24.3 Å². The fraction of sp³-hybridized carbons (Fsp3) is 0.409. The van der Waals surface area contributed by atoms with Gasteiger partial charge in [-0.3, -0.25) is 14.4 Å². The minimum absolute atomic E-state index is 0.0783. The number of morpholine rings is 1. The molecule has 1 aliphatic heterocycles. The summed E-state index contributed by atoms with van der Waals surface area (Å²) in [6, 6.07) is 12.2. The molecule has 9 heteroatoms. The maximum atomic E-state index is 12.5. The number of hydrogen-bond acceptors (Lipinski definition) is 5. The lowest BCUT2D eigenvalue weighted by Gasteiger charge is -2.35. The first-order chi connectivity index (χ1) is 14.7. The molecule has 1 aliphatic rings. The van der Waals surface area contributed by atoms with Crippen LogP contribution in [0.2, 0.25) is 5.02 Å². The number of carbonyl (C=O) groups is 1.